The number of carbonyl (C=O) groups is 2. The second-order valence-corrected chi connectivity index (χ2v) is 7.20. The molecule has 0 bridgehead atoms. The topological polar surface area (TPSA) is 88.9 Å². The van der Waals surface area contributed by atoms with Crippen LogP contribution >= 0.6 is 23.2 Å². The molecule has 2 aromatic heterocycles. The van der Waals surface area contributed by atoms with Gasteiger partial charge in [-0.15, -0.1) is 0 Å². The molecular formula is C20H19Cl2N5O2. The van der Waals surface area contributed by atoms with Crippen LogP contribution in [-0.4, -0.2) is 39.7 Å². The Hall–Kier alpha value is -2.90. The van der Waals surface area contributed by atoms with Crippen molar-refractivity contribution in [3.8, 4) is 5.82 Å². The molecule has 3 aromatic rings. The molecule has 7 nitrogen and oxygen atoms in total. The van der Waals surface area contributed by atoms with Gasteiger partial charge in [-0.2, -0.15) is 5.10 Å². The molecule has 0 unspecified atom stereocenters. The van der Waals surface area contributed by atoms with Crippen LogP contribution < -0.4 is 10.6 Å². The van der Waals surface area contributed by atoms with E-state index in [-0.39, 0.29) is 29.7 Å². The molecule has 0 fully saturated rings. The molecule has 1 aromatic carbocycles. The summed E-state index contributed by atoms with van der Waals surface area (Å²) in [7, 11) is 0. The summed E-state index contributed by atoms with van der Waals surface area (Å²) in [4.78, 5) is 28.9. The molecule has 29 heavy (non-hydrogen) atoms. The SMILES string of the molecule is Cc1cc(C)n(-c2ccc(Cl)c(C(=O)NCCNC(=O)c3ccc(Cl)cc3)n2)n1. The van der Waals surface area contributed by atoms with Crippen molar-refractivity contribution >= 4 is 35.0 Å². The van der Waals surface area contributed by atoms with Crippen LogP contribution in [0.2, 0.25) is 10.0 Å². The number of nitrogens with one attached hydrogen (secondary N) is 2. The van der Waals surface area contributed by atoms with E-state index in [2.05, 4.69) is 20.7 Å². The molecule has 0 aliphatic rings. The Labute approximate surface area is 178 Å². The van der Waals surface area contributed by atoms with Gasteiger partial charge in [0.2, 0.25) is 0 Å². The van der Waals surface area contributed by atoms with Crippen LogP contribution in [-0.2, 0) is 0 Å². The molecule has 0 saturated heterocycles. The van der Waals surface area contributed by atoms with Crippen LogP contribution in [0.5, 0.6) is 0 Å². The molecule has 2 amide bonds. The highest BCUT2D eigenvalue weighted by Gasteiger charge is 2.15. The predicted octanol–water partition coefficient (Wildman–Crippen LogP) is 3.35. The van der Waals surface area contributed by atoms with Crippen molar-refractivity contribution in [2.45, 2.75) is 13.8 Å². The van der Waals surface area contributed by atoms with Gasteiger partial charge in [-0.25, -0.2) is 9.67 Å². The molecule has 0 aliphatic heterocycles. The van der Waals surface area contributed by atoms with Crippen molar-refractivity contribution in [3.63, 3.8) is 0 Å². The first-order valence-corrected chi connectivity index (χ1v) is 9.63. The number of aromatic nitrogens is 3. The van der Waals surface area contributed by atoms with Crippen LogP contribution in [0.15, 0.2) is 42.5 Å². The fraction of sp³-hybridized carbons (Fsp3) is 0.200. The van der Waals surface area contributed by atoms with Gasteiger partial charge in [-0.05, 0) is 56.3 Å². The van der Waals surface area contributed by atoms with Gasteiger partial charge in [-0.3, -0.25) is 9.59 Å². The maximum absolute atomic E-state index is 12.5. The number of amides is 2. The molecule has 0 saturated carbocycles. The van der Waals surface area contributed by atoms with Crippen LogP contribution in [0.3, 0.4) is 0 Å². The third-order valence-electron chi connectivity index (χ3n) is 4.08. The molecule has 0 aliphatic carbocycles. The number of aryl methyl sites for hydroxylation is 2. The van der Waals surface area contributed by atoms with Crippen molar-refractivity contribution in [2.75, 3.05) is 13.1 Å². The minimum atomic E-state index is -0.431. The first-order chi connectivity index (χ1) is 13.8. The Morgan fingerprint density at radius 1 is 0.966 bits per heavy atom. The smallest absolute Gasteiger partial charge is 0.271 e. The summed E-state index contributed by atoms with van der Waals surface area (Å²) in [5.74, 6) is -0.182. The van der Waals surface area contributed by atoms with Gasteiger partial charge >= 0.3 is 0 Å². The van der Waals surface area contributed by atoms with Crippen molar-refractivity contribution in [3.05, 3.63) is 75.2 Å². The second-order valence-electron chi connectivity index (χ2n) is 6.36. The summed E-state index contributed by atoms with van der Waals surface area (Å²) in [6.45, 7) is 4.26. The van der Waals surface area contributed by atoms with Gasteiger partial charge in [-0.1, -0.05) is 23.2 Å². The maximum Gasteiger partial charge on any atom is 0.271 e. The zero-order valence-electron chi connectivity index (χ0n) is 15.9. The Morgan fingerprint density at radius 3 is 2.24 bits per heavy atom. The highest BCUT2D eigenvalue weighted by molar-refractivity contribution is 6.33. The van der Waals surface area contributed by atoms with Gasteiger partial charge in [0.15, 0.2) is 5.82 Å². The summed E-state index contributed by atoms with van der Waals surface area (Å²) in [5, 5.41) is 10.6. The summed E-state index contributed by atoms with van der Waals surface area (Å²) >= 11 is 12.0. The highest BCUT2D eigenvalue weighted by Crippen LogP contribution is 2.17. The number of rotatable bonds is 6. The first kappa shape index (κ1) is 20.8. The number of hydrogen-bond acceptors (Lipinski definition) is 4. The van der Waals surface area contributed by atoms with Crippen molar-refractivity contribution in [1.82, 2.24) is 25.4 Å². The lowest BCUT2D eigenvalue weighted by Crippen LogP contribution is -2.35. The average molecular weight is 432 g/mol. The lowest BCUT2D eigenvalue weighted by Gasteiger charge is -2.10. The second kappa shape index (κ2) is 9.07. The Bertz CT molecular complexity index is 1050. The minimum Gasteiger partial charge on any atom is -0.350 e. The van der Waals surface area contributed by atoms with E-state index in [1.807, 2.05) is 19.9 Å². The van der Waals surface area contributed by atoms with Crippen LogP contribution in [0.25, 0.3) is 5.82 Å². The lowest BCUT2D eigenvalue weighted by atomic mass is 10.2. The Balaban J connectivity index is 1.59. The zero-order chi connectivity index (χ0) is 21.0. The van der Waals surface area contributed by atoms with E-state index in [1.165, 1.54) is 0 Å². The van der Waals surface area contributed by atoms with Gasteiger partial charge in [0.25, 0.3) is 11.8 Å². The fourth-order valence-corrected chi connectivity index (χ4v) is 3.03. The summed E-state index contributed by atoms with van der Waals surface area (Å²) in [5.41, 5.74) is 2.33. The van der Waals surface area contributed by atoms with E-state index in [9.17, 15) is 9.59 Å². The first-order valence-electron chi connectivity index (χ1n) is 8.87. The number of nitrogens with zero attached hydrogens (tertiary/aromatic N) is 3. The molecule has 0 radical (unpaired) electrons. The molecule has 0 atom stereocenters. The Kier molecular flexibility index (Phi) is 6.51. The van der Waals surface area contributed by atoms with Crippen LogP contribution in [0.4, 0.5) is 0 Å². The quantitative estimate of drug-likeness (QED) is 0.585. The van der Waals surface area contributed by atoms with E-state index >= 15 is 0 Å². The minimum absolute atomic E-state index is 0.0979. The number of benzene rings is 1. The van der Waals surface area contributed by atoms with Gasteiger partial charge in [0.1, 0.15) is 5.69 Å². The van der Waals surface area contributed by atoms with E-state index in [1.54, 1.807) is 41.1 Å². The fourth-order valence-electron chi connectivity index (χ4n) is 2.71. The number of hydrogen-bond donors (Lipinski definition) is 2. The van der Waals surface area contributed by atoms with Gasteiger partial charge in [0, 0.05) is 29.4 Å². The van der Waals surface area contributed by atoms with E-state index in [0.717, 1.165) is 11.4 Å². The number of halogens is 2. The summed E-state index contributed by atoms with van der Waals surface area (Å²) < 4.78 is 1.65. The maximum atomic E-state index is 12.5. The van der Waals surface area contributed by atoms with E-state index < -0.39 is 5.91 Å². The molecule has 150 valence electrons. The predicted molar refractivity (Wildman–Crippen MR) is 112 cm³/mol. The standard InChI is InChI=1S/C20H19Cl2N5O2/c1-12-11-13(2)27(26-12)17-8-7-16(22)18(25-17)20(29)24-10-9-23-19(28)14-3-5-15(21)6-4-14/h3-8,11H,9-10H2,1-2H3,(H,23,28)(H,24,29). The van der Waals surface area contributed by atoms with Crippen LogP contribution in [0.1, 0.15) is 32.2 Å². The molecular weight excluding hydrogens is 413 g/mol. The van der Waals surface area contributed by atoms with Gasteiger partial charge < -0.3 is 10.6 Å². The third-order valence-corrected chi connectivity index (χ3v) is 4.63. The normalized spacial score (nSPS) is 10.6. The number of carbonyl (C=O) groups excluding carboxylic acids is 2. The largest absolute Gasteiger partial charge is 0.350 e. The molecule has 9 heteroatoms. The molecule has 2 heterocycles. The molecule has 0 spiro atoms. The zero-order valence-corrected chi connectivity index (χ0v) is 17.4. The van der Waals surface area contributed by atoms with Crippen molar-refractivity contribution < 1.29 is 9.59 Å². The third kappa shape index (κ3) is 5.13. The highest BCUT2D eigenvalue weighted by atomic mass is 35.5. The molecule has 2 N–H and O–H groups in total. The average Bonchev–Trinajstić information content (AvgIpc) is 3.04. The van der Waals surface area contributed by atoms with Gasteiger partial charge in [0.05, 0.1) is 10.7 Å². The van der Waals surface area contributed by atoms with E-state index in [0.29, 0.717) is 16.4 Å². The summed E-state index contributed by atoms with van der Waals surface area (Å²) in [6.07, 6.45) is 0. The lowest BCUT2D eigenvalue weighted by molar-refractivity contribution is 0.0925. The Morgan fingerprint density at radius 2 is 1.62 bits per heavy atom. The van der Waals surface area contributed by atoms with Crippen molar-refractivity contribution in [2.24, 2.45) is 0 Å². The number of pyridine rings is 1. The molecule has 3 rings (SSSR count). The summed E-state index contributed by atoms with van der Waals surface area (Å²) in [6, 6.07) is 11.8. The monoisotopic (exact) mass is 431 g/mol. The van der Waals surface area contributed by atoms with E-state index in [4.69, 9.17) is 23.2 Å². The van der Waals surface area contributed by atoms with Crippen molar-refractivity contribution in [1.29, 1.82) is 0 Å². The van der Waals surface area contributed by atoms with Crippen LogP contribution in [0, 0.1) is 13.8 Å².